The lowest BCUT2D eigenvalue weighted by molar-refractivity contribution is -0.120. The van der Waals surface area contributed by atoms with E-state index in [1.807, 2.05) is 6.92 Å². The van der Waals surface area contributed by atoms with Crippen molar-refractivity contribution in [2.24, 2.45) is 5.92 Å². The molecule has 1 aliphatic heterocycles. The topological polar surface area (TPSA) is 20.3 Å². The molecule has 2 bridgehead atoms. The Bertz CT molecular complexity index is 190. The fourth-order valence-corrected chi connectivity index (χ4v) is 2.56. The minimum absolute atomic E-state index is 0.405. The Labute approximate surface area is 73.9 Å². The molecule has 2 nitrogen and oxygen atoms in total. The number of ketones is 1. The van der Waals surface area contributed by atoms with Crippen LogP contribution >= 0.6 is 0 Å². The summed E-state index contributed by atoms with van der Waals surface area (Å²) in [5.74, 6) is 1.32. The normalized spacial score (nSPS) is 34.4. The summed E-state index contributed by atoms with van der Waals surface area (Å²) in [6, 6.07) is 0.755. The molecule has 2 rings (SSSR count). The summed E-state index contributed by atoms with van der Waals surface area (Å²) >= 11 is 0. The number of piperidine rings is 1. The van der Waals surface area contributed by atoms with Gasteiger partial charge in [-0.1, -0.05) is 6.92 Å². The fourth-order valence-electron chi connectivity index (χ4n) is 2.56. The highest BCUT2D eigenvalue weighted by Crippen LogP contribution is 2.36. The van der Waals surface area contributed by atoms with Gasteiger partial charge in [-0.15, -0.1) is 0 Å². The second kappa shape index (κ2) is 3.17. The maximum Gasteiger partial charge on any atom is 0.146 e. The molecule has 0 radical (unpaired) electrons. The molecule has 1 heterocycles. The number of rotatable bonds is 3. The molecule has 0 aromatic rings. The molecule has 2 atom stereocenters. The van der Waals surface area contributed by atoms with Crippen molar-refractivity contribution in [3.8, 4) is 0 Å². The van der Waals surface area contributed by atoms with Gasteiger partial charge in [0.1, 0.15) is 5.78 Å². The van der Waals surface area contributed by atoms with Crippen LogP contribution < -0.4 is 0 Å². The third-order valence-electron chi connectivity index (χ3n) is 3.30. The van der Waals surface area contributed by atoms with E-state index in [2.05, 4.69) is 4.90 Å². The molecular weight excluding hydrogens is 150 g/mol. The molecule has 1 saturated heterocycles. The van der Waals surface area contributed by atoms with E-state index < -0.39 is 0 Å². The van der Waals surface area contributed by atoms with Crippen LogP contribution in [0.2, 0.25) is 0 Å². The molecule has 0 spiro atoms. The zero-order valence-corrected chi connectivity index (χ0v) is 7.75. The first-order valence-electron chi connectivity index (χ1n) is 5.05. The van der Waals surface area contributed by atoms with E-state index in [0.29, 0.717) is 12.2 Å². The predicted molar refractivity (Wildman–Crippen MR) is 48.0 cm³/mol. The SMILES string of the molecule is CCC(=O)CN1CC2CCC1C2. The third kappa shape index (κ3) is 1.40. The monoisotopic (exact) mass is 167 g/mol. The van der Waals surface area contributed by atoms with Crippen molar-refractivity contribution in [2.45, 2.75) is 38.6 Å². The molecular formula is C10H17NO. The van der Waals surface area contributed by atoms with Gasteiger partial charge in [0.25, 0.3) is 0 Å². The van der Waals surface area contributed by atoms with E-state index in [-0.39, 0.29) is 0 Å². The molecule has 2 fully saturated rings. The van der Waals surface area contributed by atoms with Crippen molar-refractivity contribution < 1.29 is 4.79 Å². The van der Waals surface area contributed by atoms with Crippen LogP contribution in [-0.4, -0.2) is 29.8 Å². The first-order valence-corrected chi connectivity index (χ1v) is 5.05. The first-order chi connectivity index (χ1) is 5.79. The number of nitrogens with zero attached hydrogens (tertiary/aromatic N) is 1. The van der Waals surface area contributed by atoms with Gasteiger partial charge in [0, 0.05) is 19.0 Å². The summed E-state index contributed by atoms with van der Waals surface area (Å²) in [6.07, 6.45) is 4.80. The van der Waals surface area contributed by atoms with E-state index in [4.69, 9.17) is 0 Å². The molecule has 12 heavy (non-hydrogen) atoms. The van der Waals surface area contributed by atoms with Gasteiger partial charge < -0.3 is 0 Å². The van der Waals surface area contributed by atoms with Crippen LogP contribution in [0.25, 0.3) is 0 Å². The van der Waals surface area contributed by atoms with Gasteiger partial charge >= 0.3 is 0 Å². The molecule has 2 unspecified atom stereocenters. The Morgan fingerprint density at radius 2 is 2.33 bits per heavy atom. The number of carbonyl (C=O) groups excluding carboxylic acids is 1. The average molecular weight is 167 g/mol. The Morgan fingerprint density at radius 1 is 1.50 bits per heavy atom. The summed E-state index contributed by atoms with van der Waals surface area (Å²) in [5.41, 5.74) is 0. The van der Waals surface area contributed by atoms with Crippen LogP contribution in [0, 0.1) is 5.92 Å². The highest BCUT2D eigenvalue weighted by molar-refractivity contribution is 5.80. The molecule has 0 amide bonds. The summed E-state index contributed by atoms with van der Waals surface area (Å²) in [7, 11) is 0. The van der Waals surface area contributed by atoms with Crippen LogP contribution in [0.5, 0.6) is 0 Å². The van der Waals surface area contributed by atoms with E-state index >= 15 is 0 Å². The van der Waals surface area contributed by atoms with Gasteiger partial charge in [-0.3, -0.25) is 9.69 Å². The summed E-state index contributed by atoms with van der Waals surface area (Å²) in [4.78, 5) is 13.6. The molecule has 0 aromatic heterocycles. The van der Waals surface area contributed by atoms with Crippen molar-refractivity contribution in [3.63, 3.8) is 0 Å². The zero-order chi connectivity index (χ0) is 8.55. The standard InChI is InChI=1S/C10H17NO/c1-2-10(12)7-11-6-8-3-4-9(11)5-8/h8-9H,2-7H2,1H3. The van der Waals surface area contributed by atoms with Gasteiger partial charge in [0.15, 0.2) is 0 Å². The molecule has 0 aromatic carbocycles. The molecule has 0 N–H and O–H groups in total. The van der Waals surface area contributed by atoms with Crippen LogP contribution in [0.3, 0.4) is 0 Å². The van der Waals surface area contributed by atoms with Crippen molar-refractivity contribution in [1.29, 1.82) is 0 Å². The van der Waals surface area contributed by atoms with E-state index in [1.165, 1.54) is 25.8 Å². The van der Waals surface area contributed by atoms with Crippen LogP contribution in [0.1, 0.15) is 32.6 Å². The maximum absolute atomic E-state index is 11.2. The highest BCUT2D eigenvalue weighted by atomic mass is 16.1. The number of Topliss-reactive ketones (excluding diaryl/α,β-unsaturated/α-hetero) is 1. The van der Waals surface area contributed by atoms with Crippen LogP contribution in [-0.2, 0) is 4.79 Å². The zero-order valence-electron chi connectivity index (χ0n) is 7.75. The highest BCUT2D eigenvalue weighted by Gasteiger charge is 2.37. The van der Waals surface area contributed by atoms with Crippen molar-refractivity contribution in [3.05, 3.63) is 0 Å². The average Bonchev–Trinajstić information content (AvgIpc) is 2.64. The van der Waals surface area contributed by atoms with Crippen molar-refractivity contribution in [1.82, 2.24) is 4.90 Å². The number of hydrogen-bond acceptors (Lipinski definition) is 2. The molecule has 2 aliphatic rings. The Kier molecular flexibility index (Phi) is 2.18. The number of hydrogen-bond donors (Lipinski definition) is 0. The van der Waals surface area contributed by atoms with Crippen LogP contribution in [0.15, 0.2) is 0 Å². The summed E-state index contributed by atoms with van der Waals surface area (Å²) in [6.45, 7) is 3.87. The predicted octanol–water partition coefficient (Wildman–Crippen LogP) is 1.45. The van der Waals surface area contributed by atoms with Gasteiger partial charge in [-0.2, -0.15) is 0 Å². The van der Waals surface area contributed by atoms with E-state index in [0.717, 1.165) is 18.5 Å². The molecule has 1 aliphatic carbocycles. The van der Waals surface area contributed by atoms with Crippen molar-refractivity contribution >= 4 is 5.78 Å². The Balaban J connectivity index is 1.86. The Hall–Kier alpha value is -0.370. The second-order valence-electron chi connectivity index (χ2n) is 4.15. The van der Waals surface area contributed by atoms with Gasteiger partial charge in [-0.25, -0.2) is 0 Å². The largest absolute Gasteiger partial charge is 0.298 e. The number of carbonyl (C=O) groups is 1. The van der Waals surface area contributed by atoms with E-state index in [9.17, 15) is 4.79 Å². The number of likely N-dealkylation sites (tertiary alicyclic amines) is 1. The van der Waals surface area contributed by atoms with Gasteiger partial charge in [0.05, 0.1) is 6.54 Å². The molecule has 68 valence electrons. The number of fused-ring (bicyclic) bond motifs is 2. The smallest absolute Gasteiger partial charge is 0.146 e. The van der Waals surface area contributed by atoms with Crippen LogP contribution in [0.4, 0.5) is 0 Å². The third-order valence-corrected chi connectivity index (χ3v) is 3.30. The lowest BCUT2D eigenvalue weighted by Gasteiger charge is -2.25. The molecule has 1 saturated carbocycles. The quantitative estimate of drug-likeness (QED) is 0.634. The first kappa shape index (κ1) is 8.24. The van der Waals surface area contributed by atoms with Crippen molar-refractivity contribution in [2.75, 3.05) is 13.1 Å². The lowest BCUT2D eigenvalue weighted by atomic mass is 10.1. The molecule has 2 heteroatoms. The van der Waals surface area contributed by atoms with Gasteiger partial charge in [-0.05, 0) is 25.2 Å². The maximum atomic E-state index is 11.2. The Morgan fingerprint density at radius 3 is 2.83 bits per heavy atom. The second-order valence-corrected chi connectivity index (χ2v) is 4.15. The van der Waals surface area contributed by atoms with E-state index in [1.54, 1.807) is 0 Å². The minimum atomic E-state index is 0.405. The fraction of sp³-hybridized carbons (Fsp3) is 0.900. The summed E-state index contributed by atoms with van der Waals surface area (Å²) < 4.78 is 0. The lowest BCUT2D eigenvalue weighted by Crippen LogP contribution is -2.36. The van der Waals surface area contributed by atoms with Gasteiger partial charge in [0.2, 0.25) is 0 Å². The minimum Gasteiger partial charge on any atom is -0.298 e. The summed E-state index contributed by atoms with van der Waals surface area (Å²) in [5, 5.41) is 0.